The van der Waals surface area contributed by atoms with Crippen molar-refractivity contribution in [3.05, 3.63) is 63.6 Å². The summed E-state index contributed by atoms with van der Waals surface area (Å²) >= 11 is 11.9. The van der Waals surface area contributed by atoms with E-state index in [9.17, 15) is 4.79 Å². The number of carbonyl (C=O) groups excluding carboxylic acids is 1. The van der Waals surface area contributed by atoms with Gasteiger partial charge in [0.2, 0.25) is 0 Å². The van der Waals surface area contributed by atoms with Crippen LogP contribution in [0.4, 0.5) is 0 Å². The van der Waals surface area contributed by atoms with Crippen molar-refractivity contribution in [1.29, 1.82) is 0 Å². The van der Waals surface area contributed by atoms with Gasteiger partial charge in [0.15, 0.2) is 17.3 Å². The molecule has 112 valence electrons. The molecule has 0 atom stereocenters. The molecule has 3 nitrogen and oxygen atoms in total. The van der Waals surface area contributed by atoms with Crippen LogP contribution >= 0.6 is 23.2 Å². The summed E-state index contributed by atoms with van der Waals surface area (Å²) in [6.07, 6.45) is 3.14. The molecule has 0 unspecified atom stereocenters. The van der Waals surface area contributed by atoms with Gasteiger partial charge >= 0.3 is 0 Å². The number of hydrogen-bond acceptors (Lipinski definition) is 3. The molecule has 0 aliphatic carbocycles. The van der Waals surface area contributed by atoms with Gasteiger partial charge in [-0.05, 0) is 48.0 Å². The van der Waals surface area contributed by atoms with Crippen molar-refractivity contribution in [3.8, 4) is 11.5 Å². The van der Waals surface area contributed by atoms with E-state index in [4.69, 9.17) is 32.7 Å². The summed E-state index contributed by atoms with van der Waals surface area (Å²) in [6.45, 7) is 1.01. The van der Waals surface area contributed by atoms with Gasteiger partial charge < -0.3 is 9.47 Å². The standard InChI is InChI=1S/C17H12Cl2O3/c18-13-4-1-11(14(19)10-13)2-5-15(20)12-3-6-16-17(9-12)22-8-7-21-16/h1-6,9-10H,7-8H2. The monoisotopic (exact) mass is 334 g/mol. The number of halogens is 2. The zero-order valence-electron chi connectivity index (χ0n) is 11.5. The van der Waals surface area contributed by atoms with Gasteiger partial charge in [-0.25, -0.2) is 0 Å². The van der Waals surface area contributed by atoms with E-state index in [2.05, 4.69) is 0 Å². The Morgan fingerprint density at radius 1 is 1.00 bits per heavy atom. The molecule has 0 N–H and O–H groups in total. The highest BCUT2D eigenvalue weighted by molar-refractivity contribution is 6.35. The first-order valence-corrected chi connectivity index (χ1v) is 7.46. The van der Waals surface area contributed by atoms with Crippen LogP contribution in [0.15, 0.2) is 42.5 Å². The zero-order chi connectivity index (χ0) is 15.5. The lowest BCUT2D eigenvalue weighted by Gasteiger charge is -2.18. The van der Waals surface area contributed by atoms with E-state index in [0.29, 0.717) is 40.3 Å². The summed E-state index contributed by atoms with van der Waals surface area (Å²) in [5, 5.41) is 1.05. The minimum atomic E-state index is -0.136. The highest BCUT2D eigenvalue weighted by Crippen LogP contribution is 2.31. The average Bonchev–Trinajstić information content (AvgIpc) is 2.53. The lowest BCUT2D eigenvalue weighted by Crippen LogP contribution is -2.15. The van der Waals surface area contributed by atoms with Gasteiger partial charge in [0.25, 0.3) is 0 Å². The molecule has 0 fully saturated rings. The Bertz CT molecular complexity index is 754. The van der Waals surface area contributed by atoms with Gasteiger partial charge in [0.1, 0.15) is 13.2 Å². The maximum atomic E-state index is 12.2. The Morgan fingerprint density at radius 2 is 1.77 bits per heavy atom. The van der Waals surface area contributed by atoms with Gasteiger partial charge in [-0.1, -0.05) is 29.3 Å². The number of rotatable bonds is 3. The largest absolute Gasteiger partial charge is 0.486 e. The summed E-state index contributed by atoms with van der Waals surface area (Å²) in [4.78, 5) is 12.2. The van der Waals surface area contributed by atoms with E-state index >= 15 is 0 Å². The zero-order valence-corrected chi connectivity index (χ0v) is 13.0. The lowest BCUT2D eigenvalue weighted by molar-refractivity contribution is 0.104. The fourth-order valence-electron chi connectivity index (χ4n) is 2.09. The second-order valence-corrected chi connectivity index (χ2v) is 5.57. The van der Waals surface area contributed by atoms with Crippen molar-refractivity contribution in [2.24, 2.45) is 0 Å². The smallest absolute Gasteiger partial charge is 0.185 e. The Hall–Kier alpha value is -1.97. The van der Waals surface area contributed by atoms with Gasteiger partial charge in [-0.3, -0.25) is 4.79 Å². The predicted molar refractivity (Wildman–Crippen MR) is 87.3 cm³/mol. The van der Waals surface area contributed by atoms with Crippen LogP contribution in [0.2, 0.25) is 10.0 Å². The average molecular weight is 335 g/mol. The molecular weight excluding hydrogens is 323 g/mol. The first kappa shape index (κ1) is 14.9. The third-order valence-electron chi connectivity index (χ3n) is 3.20. The third kappa shape index (κ3) is 3.26. The molecule has 0 saturated heterocycles. The molecule has 5 heteroatoms. The van der Waals surface area contributed by atoms with E-state index in [1.165, 1.54) is 6.08 Å². The normalized spacial score (nSPS) is 13.4. The topological polar surface area (TPSA) is 35.5 Å². The third-order valence-corrected chi connectivity index (χ3v) is 3.77. The van der Waals surface area contributed by atoms with Crippen LogP contribution in [0, 0.1) is 0 Å². The first-order valence-electron chi connectivity index (χ1n) is 6.70. The Balaban J connectivity index is 1.80. The molecule has 0 bridgehead atoms. The van der Waals surface area contributed by atoms with Crippen LogP contribution in [0.25, 0.3) is 6.08 Å². The van der Waals surface area contributed by atoms with E-state index < -0.39 is 0 Å². The molecule has 0 spiro atoms. The van der Waals surface area contributed by atoms with Crippen LogP contribution in [0.3, 0.4) is 0 Å². The molecule has 1 aliphatic rings. The molecule has 0 amide bonds. The Kier molecular flexibility index (Phi) is 4.36. The molecule has 0 radical (unpaired) electrons. The maximum Gasteiger partial charge on any atom is 0.185 e. The molecule has 3 rings (SSSR count). The minimum absolute atomic E-state index is 0.136. The van der Waals surface area contributed by atoms with Crippen molar-refractivity contribution in [1.82, 2.24) is 0 Å². The predicted octanol–water partition coefficient (Wildman–Crippen LogP) is 4.66. The van der Waals surface area contributed by atoms with Crippen molar-refractivity contribution in [2.75, 3.05) is 13.2 Å². The fraction of sp³-hybridized carbons (Fsp3) is 0.118. The lowest BCUT2D eigenvalue weighted by atomic mass is 10.1. The quantitative estimate of drug-likeness (QED) is 0.604. The molecule has 0 aromatic heterocycles. The molecule has 1 aliphatic heterocycles. The fourth-order valence-corrected chi connectivity index (χ4v) is 2.57. The van der Waals surface area contributed by atoms with Crippen molar-refractivity contribution >= 4 is 35.1 Å². The number of benzene rings is 2. The first-order chi connectivity index (χ1) is 10.6. The summed E-state index contributed by atoms with van der Waals surface area (Å²) in [5.41, 5.74) is 1.27. The number of carbonyl (C=O) groups is 1. The molecular formula is C17H12Cl2O3. The van der Waals surface area contributed by atoms with Gasteiger partial charge in [-0.15, -0.1) is 0 Å². The summed E-state index contributed by atoms with van der Waals surface area (Å²) in [7, 11) is 0. The SMILES string of the molecule is O=C(C=Cc1ccc(Cl)cc1Cl)c1ccc2c(c1)OCCO2. The molecule has 2 aromatic carbocycles. The van der Waals surface area contributed by atoms with E-state index in [-0.39, 0.29) is 5.78 Å². The Labute approximate surface area is 138 Å². The van der Waals surface area contributed by atoms with Crippen LogP contribution in [-0.2, 0) is 0 Å². The molecule has 1 heterocycles. The maximum absolute atomic E-state index is 12.2. The number of allylic oxidation sites excluding steroid dienone is 1. The molecule has 22 heavy (non-hydrogen) atoms. The highest BCUT2D eigenvalue weighted by atomic mass is 35.5. The summed E-state index contributed by atoms with van der Waals surface area (Å²) in [5.74, 6) is 1.12. The van der Waals surface area contributed by atoms with Gasteiger partial charge in [-0.2, -0.15) is 0 Å². The van der Waals surface area contributed by atoms with Crippen LogP contribution in [-0.4, -0.2) is 19.0 Å². The van der Waals surface area contributed by atoms with Crippen LogP contribution in [0.1, 0.15) is 15.9 Å². The number of ketones is 1. The van der Waals surface area contributed by atoms with Crippen LogP contribution in [0.5, 0.6) is 11.5 Å². The highest BCUT2D eigenvalue weighted by Gasteiger charge is 2.13. The van der Waals surface area contributed by atoms with E-state index in [1.807, 2.05) is 0 Å². The minimum Gasteiger partial charge on any atom is -0.486 e. The summed E-state index contributed by atoms with van der Waals surface area (Å²) in [6, 6.07) is 10.3. The Morgan fingerprint density at radius 3 is 2.55 bits per heavy atom. The van der Waals surface area contributed by atoms with Gasteiger partial charge in [0, 0.05) is 15.6 Å². The second-order valence-electron chi connectivity index (χ2n) is 4.72. The summed E-state index contributed by atoms with van der Waals surface area (Å²) < 4.78 is 10.9. The van der Waals surface area contributed by atoms with Crippen LogP contribution < -0.4 is 9.47 Å². The molecule has 0 saturated carbocycles. The van der Waals surface area contributed by atoms with Crippen molar-refractivity contribution < 1.29 is 14.3 Å². The number of ether oxygens (including phenoxy) is 2. The van der Waals surface area contributed by atoms with E-state index in [1.54, 1.807) is 42.5 Å². The van der Waals surface area contributed by atoms with E-state index in [0.717, 1.165) is 5.56 Å². The van der Waals surface area contributed by atoms with Crippen molar-refractivity contribution in [2.45, 2.75) is 0 Å². The van der Waals surface area contributed by atoms with Gasteiger partial charge in [0.05, 0.1) is 0 Å². The van der Waals surface area contributed by atoms with Crippen molar-refractivity contribution in [3.63, 3.8) is 0 Å². The number of fused-ring (bicyclic) bond motifs is 1. The second kappa shape index (κ2) is 6.42. The molecule has 2 aromatic rings. The number of hydrogen-bond donors (Lipinski definition) is 0.